The van der Waals surface area contributed by atoms with Crippen LogP contribution in [0.2, 0.25) is 0 Å². The number of aryl methyl sites for hydroxylation is 1. The van der Waals surface area contributed by atoms with Gasteiger partial charge < -0.3 is 15.4 Å². The summed E-state index contributed by atoms with van der Waals surface area (Å²) < 4.78 is 0. The Balaban J connectivity index is 2.09. The summed E-state index contributed by atoms with van der Waals surface area (Å²) >= 11 is 1.16. The fraction of sp³-hybridized carbons (Fsp3) is 0.111. The number of anilines is 2. The van der Waals surface area contributed by atoms with Gasteiger partial charge in [-0.05, 0) is 13.0 Å². The average Bonchev–Trinajstić information content (AvgIpc) is 2.88. The zero-order valence-electron chi connectivity index (χ0n) is 9.22. The number of aromatic carboxylic acids is 1. The quantitative estimate of drug-likeness (QED) is 0.672. The highest BCUT2D eigenvalue weighted by Gasteiger charge is 2.15. The number of rotatable bonds is 3. The molecule has 2 amide bonds. The Morgan fingerprint density at radius 2 is 2.22 bits per heavy atom. The third-order valence-corrected chi connectivity index (χ3v) is 2.60. The maximum Gasteiger partial charge on any atom is 0.354 e. The number of hydrogen-bond donors (Lipinski definition) is 4. The third kappa shape index (κ3) is 2.63. The Labute approximate surface area is 105 Å². The monoisotopic (exact) mass is 267 g/mol. The van der Waals surface area contributed by atoms with E-state index >= 15 is 0 Å². The average molecular weight is 267 g/mol. The van der Waals surface area contributed by atoms with E-state index in [1.54, 1.807) is 6.92 Å². The van der Waals surface area contributed by atoms with Crippen molar-refractivity contribution in [2.45, 2.75) is 6.92 Å². The molecule has 0 atom stereocenters. The molecule has 2 heterocycles. The lowest BCUT2D eigenvalue weighted by Crippen LogP contribution is -2.20. The van der Waals surface area contributed by atoms with E-state index in [2.05, 4.69) is 25.8 Å². The molecule has 18 heavy (non-hydrogen) atoms. The van der Waals surface area contributed by atoms with Crippen LogP contribution >= 0.6 is 11.3 Å². The first kappa shape index (κ1) is 12.0. The molecule has 8 nitrogen and oxygen atoms in total. The van der Waals surface area contributed by atoms with E-state index in [-0.39, 0.29) is 11.4 Å². The fourth-order valence-electron chi connectivity index (χ4n) is 1.33. The van der Waals surface area contributed by atoms with Crippen molar-refractivity contribution in [3.63, 3.8) is 0 Å². The molecule has 2 aromatic rings. The van der Waals surface area contributed by atoms with Gasteiger partial charge in [-0.2, -0.15) is 0 Å². The minimum absolute atomic E-state index is 0.0695. The number of urea groups is 1. The number of aromatic nitrogens is 3. The standard InChI is InChI=1S/C9H9N5O3S/c1-4-2-5(6(11-4)7(15)16)12-8(17)13-9-14-10-3-18-9/h2-3,11H,1H3,(H,15,16)(H2,12,13,14,17). The van der Waals surface area contributed by atoms with Crippen LogP contribution in [0, 0.1) is 6.92 Å². The van der Waals surface area contributed by atoms with Gasteiger partial charge in [0.25, 0.3) is 0 Å². The highest BCUT2D eigenvalue weighted by atomic mass is 32.1. The first-order valence-corrected chi connectivity index (χ1v) is 5.71. The number of carboxylic acids is 1. The Morgan fingerprint density at radius 1 is 1.44 bits per heavy atom. The van der Waals surface area contributed by atoms with E-state index in [1.165, 1.54) is 11.6 Å². The van der Waals surface area contributed by atoms with Gasteiger partial charge in [-0.1, -0.05) is 11.3 Å². The van der Waals surface area contributed by atoms with E-state index in [0.29, 0.717) is 10.8 Å². The lowest BCUT2D eigenvalue weighted by atomic mass is 10.3. The molecule has 4 N–H and O–H groups in total. The minimum Gasteiger partial charge on any atom is -0.477 e. The Hall–Kier alpha value is -2.42. The van der Waals surface area contributed by atoms with Crippen LogP contribution < -0.4 is 10.6 Å². The number of H-pyrrole nitrogens is 1. The van der Waals surface area contributed by atoms with Crippen molar-refractivity contribution in [3.8, 4) is 0 Å². The van der Waals surface area contributed by atoms with Gasteiger partial charge in [-0.25, -0.2) is 9.59 Å². The molecule has 0 aliphatic heterocycles. The van der Waals surface area contributed by atoms with Crippen molar-refractivity contribution in [1.82, 2.24) is 15.2 Å². The molecule has 9 heteroatoms. The summed E-state index contributed by atoms with van der Waals surface area (Å²) in [5.41, 5.74) is 2.24. The topological polar surface area (TPSA) is 120 Å². The lowest BCUT2D eigenvalue weighted by molar-refractivity contribution is 0.0692. The molecule has 0 aliphatic carbocycles. The van der Waals surface area contributed by atoms with Crippen LogP contribution in [0.1, 0.15) is 16.2 Å². The molecule has 2 rings (SSSR count). The lowest BCUT2D eigenvalue weighted by Gasteiger charge is -2.03. The number of carbonyl (C=O) groups excluding carboxylic acids is 1. The van der Waals surface area contributed by atoms with E-state index in [9.17, 15) is 9.59 Å². The molecular formula is C9H9N5O3S. The Kier molecular flexibility index (Phi) is 3.24. The van der Waals surface area contributed by atoms with E-state index in [0.717, 1.165) is 11.3 Å². The second kappa shape index (κ2) is 4.84. The van der Waals surface area contributed by atoms with E-state index < -0.39 is 12.0 Å². The number of nitrogens with zero attached hydrogens (tertiary/aromatic N) is 2. The Morgan fingerprint density at radius 3 is 2.83 bits per heavy atom. The van der Waals surface area contributed by atoms with Crippen molar-refractivity contribution in [2.24, 2.45) is 0 Å². The highest BCUT2D eigenvalue weighted by Crippen LogP contribution is 2.17. The van der Waals surface area contributed by atoms with Crippen LogP contribution in [0.15, 0.2) is 11.6 Å². The Bertz CT molecular complexity index is 577. The molecule has 0 radical (unpaired) electrons. The summed E-state index contributed by atoms with van der Waals surface area (Å²) in [6.45, 7) is 1.69. The number of carboxylic acid groups (broad SMARTS) is 1. The maximum atomic E-state index is 11.6. The maximum absolute atomic E-state index is 11.6. The second-order valence-electron chi connectivity index (χ2n) is 3.37. The molecule has 0 saturated carbocycles. The first-order chi connectivity index (χ1) is 8.56. The van der Waals surface area contributed by atoms with Crippen molar-refractivity contribution in [3.05, 3.63) is 23.0 Å². The van der Waals surface area contributed by atoms with Crippen LogP contribution in [-0.4, -0.2) is 32.3 Å². The van der Waals surface area contributed by atoms with Gasteiger partial charge in [0.05, 0.1) is 5.69 Å². The molecule has 0 unspecified atom stereocenters. The van der Waals surface area contributed by atoms with Gasteiger partial charge in [0.2, 0.25) is 5.13 Å². The summed E-state index contributed by atoms with van der Waals surface area (Å²) in [6, 6.07) is 0.955. The smallest absolute Gasteiger partial charge is 0.354 e. The molecule has 0 saturated heterocycles. The first-order valence-electron chi connectivity index (χ1n) is 4.83. The van der Waals surface area contributed by atoms with Gasteiger partial charge in [-0.3, -0.25) is 5.32 Å². The normalized spacial score (nSPS) is 10.1. The second-order valence-corrected chi connectivity index (χ2v) is 4.20. The van der Waals surface area contributed by atoms with Crippen molar-refractivity contribution in [1.29, 1.82) is 0 Å². The molecule has 2 aromatic heterocycles. The van der Waals surface area contributed by atoms with Crippen LogP contribution in [-0.2, 0) is 0 Å². The fourth-order valence-corrected chi connectivity index (χ4v) is 1.77. The predicted molar refractivity (Wildman–Crippen MR) is 65.0 cm³/mol. The number of aromatic amines is 1. The van der Waals surface area contributed by atoms with E-state index in [1.807, 2.05) is 0 Å². The summed E-state index contributed by atoms with van der Waals surface area (Å²) in [5.74, 6) is -1.14. The molecule has 0 aromatic carbocycles. The van der Waals surface area contributed by atoms with E-state index in [4.69, 9.17) is 5.11 Å². The molecule has 0 aliphatic rings. The summed E-state index contributed by atoms with van der Waals surface area (Å²) in [5, 5.41) is 21.3. The van der Waals surface area contributed by atoms with Gasteiger partial charge in [0, 0.05) is 5.69 Å². The molecular weight excluding hydrogens is 258 g/mol. The van der Waals surface area contributed by atoms with Gasteiger partial charge >= 0.3 is 12.0 Å². The summed E-state index contributed by atoms with van der Waals surface area (Å²) in [6.07, 6.45) is 0. The van der Waals surface area contributed by atoms with Gasteiger partial charge in [-0.15, -0.1) is 10.2 Å². The molecule has 94 valence electrons. The minimum atomic E-state index is -1.14. The molecule has 0 fully saturated rings. The van der Waals surface area contributed by atoms with Crippen LogP contribution in [0.5, 0.6) is 0 Å². The third-order valence-electron chi connectivity index (χ3n) is 1.99. The predicted octanol–water partition coefficient (Wildman–Crippen LogP) is 1.52. The van der Waals surface area contributed by atoms with Gasteiger partial charge in [0.15, 0.2) is 0 Å². The van der Waals surface area contributed by atoms with Crippen molar-refractivity contribution >= 4 is 34.2 Å². The number of nitrogens with one attached hydrogen (secondary N) is 3. The SMILES string of the molecule is Cc1cc(NC(=O)Nc2nncs2)c(C(=O)O)[nH]1. The van der Waals surface area contributed by atoms with Crippen LogP contribution in [0.3, 0.4) is 0 Å². The highest BCUT2D eigenvalue weighted by molar-refractivity contribution is 7.13. The molecule has 0 bridgehead atoms. The summed E-state index contributed by atoms with van der Waals surface area (Å²) in [4.78, 5) is 25.1. The summed E-state index contributed by atoms with van der Waals surface area (Å²) in [7, 11) is 0. The number of carbonyl (C=O) groups is 2. The van der Waals surface area contributed by atoms with Crippen LogP contribution in [0.25, 0.3) is 0 Å². The van der Waals surface area contributed by atoms with Crippen molar-refractivity contribution in [2.75, 3.05) is 10.6 Å². The van der Waals surface area contributed by atoms with Gasteiger partial charge in [0.1, 0.15) is 11.2 Å². The van der Waals surface area contributed by atoms with Crippen LogP contribution in [0.4, 0.5) is 15.6 Å². The molecule has 0 spiro atoms. The van der Waals surface area contributed by atoms with Crippen molar-refractivity contribution < 1.29 is 14.7 Å². The number of hydrogen-bond acceptors (Lipinski definition) is 5. The zero-order chi connectivity index (χ0) is 13.1. The zero-order valence-corrected chi connectivity index (χ0v) is 10.0. The number of amides is 2. The largest absolute Gasteiger partial charge is 0.477 e.